The molecule has 1 atom stereocenters. The third-order valence-corrected chi connectivity index (χ3v) is 4.72. The molecule has 2 aromatic carbocycles. The average Bonchev–Trinajstić information content (AvgIpc) is 2.62. The van der Waals surface area contributed by atoms with E-state index in [1.807, 2.05) is 38.1 Å². The summed E-state index contributed by atoms with van der Waals surface area (Å²) in [5.41, 5.74) is 2.44. The fourth-order valence-electron chi connectivity index (χ4n) is 3.16. The van der Waals surface area contributed by atoms with Crippen molar-refractivity contribution in [3.63, 3.8) is 0 Å². The molecule has 0 bridgehead atoms. The lowest BCUT2D eigenvalue weighted by atomic mass is 10.1. The Morgan fingerprint density at radius 3 is 2.56 bits per heavy atom. The van der Waals surface area contributed by atoms with Crippen LogP contribution < -0.4 is 9.64 Å². The van der Waals surface area contributed by atoms with Gasteiger partial charge in [-0.15, -0.1) is 0 Å². The molecule has 0 N–H and O–H groups in total. The van der Waals surface area contributed by atoms with Gasteiger partial charge in [-0.05, 0) is 49.2 Å². The summed E-state index contributed by atoms with van der Waals surface area (Å²) in [5, 5.41) is 0. The van der Waals surface area contributed by atoms with Gasteiger partial charge < -0.3 is 9.64 Å². The Labute approximate surface area is 147 Å². The van der Waals surface area contributed by atoms with Crippen LogP contribution in [0.1, 0.15) is 18.1 Å². The molecule has 1 aliphatic rings. The smallest absolute Gasteiger partial charge is 0.244 e. The number of benzene rings is 2. The van der Waals surface area contributed by atoms with Crippen LogP contribution in [0.25, 0.3) is 0 Å². The molecule has 1 amide bonds. The number of amides is 1. The summed E-state index contributed by atoms with van der Waals surface area (Å²) in [4.78, 5) is 16.5. The van der Waals surface area contributed by atoms with Gasteiger partial charge in [-0.1, -0.05) is 18.2 Å². The normalized spacial score (nSPS) is 18.5. The molecule has 0 radical (unpaired) electrons. The number of methoxy groups -OCH3 is 1. The molecule has 0 unspecified atom stereocenters. The van der Waals surface area contributed by atoms with Crippen molar-refractivity contribution in [3.05, 3.63) is 59.4 Å². The molecule has 0 spiro atoms. The molecule has 3 rings (SSSR count). The van der Waals surface area contributed by atoms with Gasteiger partial charge in [-0.2, -0.15) is 0 Å². The molecule has 1 aliphatic heterocycles. The molecule has 0 aromatic heterocycles. The van der Waals surface area contributed by atoms with E-state index >= 15 is 0 Å². The summed E-state index contributed by atoms with van der Waals surface area (Å²) in [5.74, 6) is 0.395. The molecular formula is C20H23FN2O2. The van der Waals surface area contributed by atoms with Crippen molar-refractivity contribution < 1.29 is 13.9 Å². The summed E-state index contributed by atoms with van der Waals surface area (Å²) >= 11 is 0. The number of halogens is 1. The second kappa shape index (κ2) is 7.23. The van der Waals surface area contributed by atoms with Gasteiger partial charge in [-0.3, -0.25) is 9.69 Å². The highest BCUT2D eigenvalue weighted by Gasteiger charge is 2.33. The van der Waals surface area contributed by atoms with Gasteiger partial charge in [0.1, 0.15) is 11.6 Å². The second-order valence-corrected chi connectivity index (χ2v) is 6.44. The van der Waals surface area contributed by atoms with Gasteiger partial charge >= 0.3 is 0 Å². The Hall–Kier alpha value is -2.40. The van der Waals surface area contributed by atoms with Crippen LogP contribution in [0.5, 0.6) is 5.75 Å². The number of aryl methyl sites for hydroxylation is 1. The van der Waals surface area contributed by atoms with Crippen LogP contribution in [-0.2, 0) is 11.3 Å². The number of nitrogens with zero attached hydrogens (tertiary/aromatic N) is 2. The lowest BCUT2D eigenvalue weighted by Crippen LogP contribution is -2.55. The minimum atomic E-state index is -0.352. The Kier molecular flexibility index (Phi) is 5.04. The molecule has 25 heavy (non-hydrogen) atoms. The Balaban J connectivity index is 1.73. The molecule has 2 aromatic rings. The molecule has 0 aliphatic carbocycles. The van der Waals surface area contributed by atoms with E-state index in [2.05, 4.69) is 4.90 Å². The highest BCUT2D eigenvalue weighted by atomic mass is 19.1. The van der Waals surface area contributed by atoms with Gasteiger partial charge in [0.05, 0.1) is 18.8 Å². The van der Waals surface area contributed by atoms with Crippen LogP contribution in [0, 0.1) is 12.7 Å². The van der Waals surface area contributed by atoms with Crippen LogP contribution in [0.3, 0.4) is 0 Å². The van der Waals surface area contributed by atoms with Crippen molar-refractivity contribution in [2.45, 2.75) is 26.4 Å². The van der Waals surface area contributed by atoms with E-state index in [0.29, 0.717) is 25.3 Å². The topological polar surface area (TPSA) is 32.8 Å². The zero-order valence-electron chi connectivity index (χ0n) is 14.8. The maximum Gasteiger partial charge on any atom is 0.244 e. The molecule has 1 heterocycles. The number of carbonyl (C=O) groups excluding carboxylic acids is 1. The van der Waals surface area contributed by atoms with Crippen molar-refractivity contribution in [2.24, 2.45) is 0 Å². The van der Waals surface area contributed by atoms with Crippen LogP contribution >= 0.6 is 0 Å². The van der Waals surface area contributed by atoms with Gasteiger partial charge in [0.15, 0.2) is 0 Å². The van der Waals surface area contributed by atoms with Gasteiger partial charge in [0.25, 0.3) is 0 Å². The van der Waals surface area contributed by atoms with Gasteiger partial charge in [0, 0.05) is 19.6 Å². The summed E-state index contributed by atoms with van der Waals surface area (Å²) in [7, 11) is 1.64. The lowest BCUT2D eigenvalue weighted by Gasteiger charge is -2.39. The molecule has 1 fully saturated rings. The Morgan fingerprint density at radius 1 is 1.16 bits per heavy atom. The van der Waals surface area contributed by atoms with Crippen molar-refractivity contribution in [1.29, 1.82) is 0 Å². The van der Waals surface area contributed by atoms with E-state index in [9.17, 15) is 9.18 Å². The predicted molar refractivity (Wildman–Crippen MR) is 96.4 cm³/mol. The number of rotatable bonds is 4. The van der Waals surface area contributed by atoms with Crippen molar-refractivity contribution in [3.8, 4) is 5.75 Å². The van der Waals surface area contributed by atoms with Crippen molar-refractivity contribution >= 4 is 11.6 Å². The summed E-state index contributed by atoms with van der Waals surface area (Å²) < 4.78 is 19.3. The minimum absolute atomic E-state index is 0.0655. The summed E-state index contributed by atoms with van der Waals surface area (Å²) in [6.45, 7) is 5.65. The van der Waals surface area contributed by atoms with Crippen LogP contribution in [-0.4, -0.2) is 37.0 Å². The van der Waals surface area contributed by atoms with E-state index in [0.717, 1.165) is 16.9 Å². The number of hydrogen-bond acceptors (Lipinski definition) is 3. The number of piperazine rings is 1. The highest BCUT2D eigenvalue weighted by Crippen LogP contribution is 2.25. The van der Waals surface area contributed by atoms with Crippen molar-refractivity contribution in [1.82, 2.24) is 4.90 Å². The van der Waals surface area contributed by atoms with E-state index in [1.54, 1.807) is 24.1 Å². The fourth-order valence-corrected chi connectivity index (χ4v) is 3.16. The standard InChI is InChI=1S/C20H23FN2O2/c1-14-4-9-18(21)19(12-14)23-11-10-22(15(2)20(23)24)13-16-5-7-17(25-3)8-6-16/h4-9,12,15H,10-11,13H2,1-3H3/t15-/m1/s1. The number of hydrogen-bond donors (Lipinski definition) is 0. The number of ether oxygens (including phenoxy) is 1. The van der Waals surface area contributed by atoms with E-state index < -0.39 is 0 Å². The van der Waals surface area contributed by atoms with E-state index in [-0.39, 0.29) is 17.8 Å². The molecule has 5 heteroatoms. The predicted octanol–water partition coefficient (Wildman–Crippen LogP) is 3.38. The zero-order valence-corrected chi connectivity index (χ0v) is 14.8. The second-order valence-electron chi connectivity index (χ2n) is 6.44. The van der Waals surface area contributed by atoms with Crippen molar-refractivity contribution in [2.75, 3.05) is 25.1 Å². The molecule has 1 saturated heterocycles. The van der Waals surface area contributed by atoms with E-state index in [4.69, 9.17) is 4.74 Å². The van der Waals surface area contributed by atoms with E-state index in [1.165, 1.54) is 6.07 Å². The van der Waals surface area contributed by atoms with Crippen LogP contribution in [0.4, 0.5) is 10.1 Å². The molecular weight excluding hydrogens is 319 g/mol. The fraction of sp³-hybridized carbons (Fsp3) is 0.350. The highest BCUT2D eigenvalue weighted by molar-refractivity contribution is 5.97. The maximum atomic E-state index is 14.2. The van der Waals surface area contributed by atoms with Crippen LogP contribution in [0.15, 0.2) is 42.5 Å². The SMILES string of the molecule is COc1ccc(CN2CCN(c3cc(C)ccc3F)C(=O)[C@H]2C)cc1. The Morgan fingerprint density at radius 2 is 1.88 bits per heavy atom. The quantitative estimate of drug-likeness (QED) is 0.854. The molecule has 132 valence electrons. The first-order valence-electron chi connectivity index (χ1n) is 8.44. The first-order chi connectivity index (χ1) is 12.0. The Bertz CT molecular complexity index is 761. The molecule has 4 nitrogen and oxygen atoms in total. The number of carbonyl (C=O) groups is 1. The monoisotopic (exact) mass is 342 g/mol. The summed E-state index contributed by atoms with van der Waals surface area (Å²) in [6.07, 6.45) is 0. The van der Waals surface area contributed by atoms with Crippen LogP contribution in [0.2, 0.25) is 0 Å². The maximum absolute atomic E-state index is 14.2. The third-order valence-electron chi connectivity index (χ3n) is 4.72. The largest absolute Gasteiger partial charge is 0.497 e. The minimum Gasteiger partial charge on any atom is -0.497 e. The van der Waals surface area contributed by atoms with Gasteiger partial charge in [-0.25, -0.2) is 4.39 Å². The first kappa shape index (κ1) is 17.4. The molecule has 0 saturated carbocycles. The zero-order chi connectivity index (χ0) is 18.0. The average molecular weight is 342 g/mol. The van der Waals surface area contributed by atoms with Gasteiger partial charge in [0.2, 0.25) is 5.91 Å². The summed E-state index contributed by atoms with van der Waals surface area (Å²) in [6, 6.07) is 12.4. The third kappa shape index (κ3) is 3.66. The lowest BCUT2D eigenvalue weighted by molar-refractivity contribution is -0.125. The number of anilines is 1. The first-order valence-corrected chi connectivity index (χ1v) is 8.44.